The Kier molecular flexibility index (Phi) is 5.39. The Morgan fingerprint density at radius 2 is 1.86 bits per heavy atom. The van der Waals surface area contributed by atoms with Crippen LogP contribution in [0.3, 0.4) is 0 Å². The highest BCUT2D eigenvalue weighted by molar-refractivity contribution is 7.92. The molecule has 2 aromatic carbocycles. The van der Waals surface area contributed by atoms with Crippen LogP contribution in [0.15, 0.2) is 36.4 Å². The van der Waals surface area contributed by atoms with E-state index in [-0.39, 0.29) is 18.5 Å². The molecule has 0 aromatic heterocycles. The fourth-order valence-electron chi connectivity index (χ4n) is 3.24. The van der Waals surface area contributed by atoms with Crippen molar-refractivity contribution >= 4 is 21.6 Å². The zero-order chi connectivity index (χ0) is 20.6. The molecule has 0 radical (unpaired) electrons. The Balaban J connectivity index is 1.82. The summed E-state index contributed by atoms with van der Waals surface area (Å²) in [5.74, 6) is 0.0480. The lowest BCUT2D eigenvalue weighted by Gasteiger charge is -2.34. The van der Waals surface area contributed by atoms with Gasteiger partial charge in [0.1, 0.15) is 5.75 Å². The van der Waals surface area contributed by atoms with Crippen LogP contribution in [0, 0.1) is 20.8 Å². The first-order chi connectivity index (χ1) is 13.1. The smallest absolute Gasteiger partial charge is 0.263 e. The van der Waals surface area contributed by atoms with Crippen LogP contribution >= 0.6 is 0 Å². The lowest BCUT2D eigenvalue weighted by Crippen LogP contribution is -2.50. The molecule has 0 saturated heterocycles. The van der Waals surface area contributed by atoms with E-state index < -0.39 is 16.1 Å². The van der Waals surface area contributed by atoms with Gasteiger partial charge in [0.05, 0.1) is 24.5 Å². The van der Waals surface area contributed by atoms with E-state index in [0.717, 1.165) is 22.9 Å². The second kappa shape index (κ2) is 7.47. The first-order valence-electron chi connectivity index (χ1n) is 9.19. The molecular weight excluding hydrogens is 376 g/mol. The zero-order valence-electron chi connectivity index (χ0n) is 16.8. The fraction of sp³-hybridized carbons (Fsp3) is 0.381. The topological polar surface area (TPSA) is 75.7 Å². The van der Waals surface area contributed by atoms with Crippen molar-refractivity contribution in [1.82, 2.24) is 5.32 Å². The van der Waals surface area contributed by atoms with Crippen LogP contribution in [0.4, 0.5) is 5.69 Å². The molecule has 1 N–H and O–H groups in total. The van der Waals surface area contributed by atoms with Crippen LogP contribution in [0.5, 0.6) is 5.75 Å². The van der Waals surface area contributed by atoms with Gasteiger partial charge in [-0.15, -0.1) is 0 Å². The Bertz CT molecular complexity index is 1020. The van der Waals surface area contributed by atoms with Gasteiger partial charge in [-0.05, 0) is 62.1 Å². The number of benzene rings is 2. The van der Waals surface area contributed by atoms with E-state index >= 15 is 0 Å². The van der Waals surface area contributed by atoms with E-state index in [0.29, 0.717) is 11.4 Å². The van der Waals surface area contributed by atoms with Crippen LogP contribution in [0.1, 0.15) is 35.2 Å². The molecule has 3 rings (SSSR count). The third-order valence-corrected chi connectivity index (χ3v) is 6.21. The van der Waals surface area contributed by atoms with E-state index in [1.807, 2.05) is 52.0 Å². The number of amides is 1. The van der Waals surface area contributed by atoms with Gasteiger partial charge in [0.25, 0.3) is 5.91 Å². The summed E-state index contributed by atoms with van der Waals surface area (Å²) >= 11 is 0. The summed E-state index contributed by atoms with van der Waals surface area (Å²) in [7, 11) is -3.54. The second-order valence-electron chi connectivity index (χ2n) is 7.45. The Morgan fingerprint density at radius 1 is 1.14 bits per heavy atom. The van der Waals surface area contributed by atoms with Crippen molar-refractivity contribution in [2.75, 3.05) is 17.1 Å². The lowest BCUT2D eigenvalue weighted by atomic mass is 10.0. The molecule has 1 aliphatic rings. The second-order valence-corrected chi connectivity index (χ2v) is 9.35. The third-order valence-electron chi connectivity index (χ3n) is 5.07. The van der Waals surface area contributed by atoms with Crippen molar-refractivity contribution in [3.63, 3.8) is 0 Å². The molecule has 2 unspecified atom stereocenters. The molecule has 0 bridgehead atoms. The van der Waals surface area contributed by atoms with Crippen molar-refractivity contribution in [1.29, 1.82) is 0 Å². The van der Waals surface area contributed by atoms with Gasteiger partial charge in [-0.2, -0.15) is 0 Å². The van der Waals surface area contributed by atoms with Gasteiger partial charge in [0, 0.05) is 0 Å². The maximum absolute atomic E-state index is 12.8. The number of carbonyl (C=O) groups excluding carboxylic acids is 1. The number of fused-ring (bicyclic) bond motifs is 1. The minimum Gasteiger partial charge on any atom is -0.476 e. The molecule has 0 aliphatic carbocycles. The molecule has 6 nitrogen and oxygen atoms in total. The number of sulfonamides is 1. The number of hydrogen-bond donors (Lipinski definition) is 1. The number of nitrogens with one attached hydrogen (secondary N) is 1. The number of carbonyl (C=O) groups is 1. The molecule has 1 aliphatic heterocycles. The standard InChI is InChI=1S/C21H26N2O4S/c1-13-6-9-19-18(10-13)23(28(5,25)26)12-20(27-19)21(24)22-16(4)17-8-7-14(2)15(3)11-17/h6-11,16,20H,12H2,1-5H3,(H,22,24). The van der Waals surface area contributed by atoms with Crippen LogP contribution in [-0.4, -0.2) is 33.2 Å². The molecule has 2 atom stereocenters. The number of ether oxygens (including phenoxy) is 1. The van der Waals surface area contributed by atoms with Crippen LogP contribution in [-0.2, 0) is 14.8 Å². The highest BCUT2D eigenvalue weighted by Gasteiger charge is 2.35. The molecule has 7 heteroatoms. The van der Waals surface area contributed by atoms with Gasteiger partial charge >= 0.3 is 0 Å². The minimum atomic E-state index is -3.54. The SMILES string of the molecule is Cc1ccc2c(c1)N(S(C)(=O)=O)CC(C(=O)NC(C)c1ccc(C)c(C)c1)O2. The molecule has 1 amide bonds. The summed E-state index contributed by atoms with van der Waals surface area (Å²) in [5.41, 5.74) is 4.72. The summed E-state index contributed by atoms with van der Waals surface area (Å²) in [6.07, 6.45) is 0.218. The van der Waals surface area contributed by atoms with E-state index in [9.17, 15) is 13.2 Å². The first-order valence-corrected chi connectivity index (χ1v) is 11.0. The van der Waals surface area contributed by atoms with E-state index in [1.54, 1.807) is 12.1 Å². The summed E-state index contributed by atoms with van der Waals surface area (Å²) in [6, 6.07) is 11.1. The van der Waals surface area contributed by atoms with Gasteiger partial charge in [-0.1, -0.05) is 24.3 Å². The first kappa shape index (κ1) is 20.2. The molecule has 0 spiro atoms. The van der Waals surface area contributed by atoms with E-state index in [4.69, 9.17) is 4.74 Å². The maximum atomic E-state index is 12.8. The summed E-state index contributed by atoms with van der Waals surface area (Å²) in [6.45, 7) is 7.79. The Labute approximate surface area is 166 Å². The van der Waals surface area contributed by atoms with Crippen molar-refractivity contribution in [2.24, 2.45) is 0 Å². The zero-order valence-corrected chi connectivity index (χ0v) is 17.6. The van der Waals surface area contributed by atoms with Gasteiger partial charge < -0.3 is 10.1 Å². The third kappa shape index (κ3) is 4.14. The van der Waals surface area contributed by atoms with Gasteiger partial charge in [-0.3, -0.25) is 9.10 Å². The lowest BCUT2D eigenvalue weighted by molar-refractivity contribution is -0.128. The predicted octanol–water partition coefficient (Wildman–Crippen LogP) is 3.02. The number of aryl methyl sites for hydroxylation is 3. The van der Waals surface area contributed by atoms with Gasteiger partial charge in [-0.25, -0.2) is 8.42 Å². The molecule has 2 aromatic rings. The van der Waals surface area contributed by atoms with Gasteiger partial charge in [0.2, 0.25) is 10.0 Å². The van der Waals surface area contributed by atoms with Gasteiger partial charge in [0.15, 0.2) is 6.10 Å². The summed E-state index contributed by atoms with van der Waals surface area (Å²) in [4.78, 5) is 12.8. The van der Waals surface area contributed by atoms with Crippen molar-refractivity contribution in [3.8, 4) is 5.75 Å². The van der Waals surface area contributed by atoms with Crippen molar-refractivity contribution in [3.05, 3.63) is 58.7 Å². The summed E-state index contributed by atoms with van der Waals surface area (Å²) < 4.78 is 31.6. The van der Waals surface area contributed by atoms with Crippen LogP contribution < -0.4 is 14.4 Å². The number of hydrogen-bond acceptors (Lipinski definition) is 4. The average molecular weight is 403 g/mol. The Hall–Kier alpha value is -2.54. The average Bonchev–Trinajstić information content (AvgIpc) is 2.62. The number of anilines is 1. The largest absolute Gasteiger partial charge is 0.476 e. The van der Waals surface area contributed by atoms with Crippen molar-refractivity contribution in [2.45, 2.75) is 39.8 Å². The van der Waals surface area contributed by atoms with Crippen LogP contribution in [0.25, 0.3) is 0 Å². The van der Waals surface area contributed by atoms with E-state index in [1.165, 1.54) is 9.87 Å². The van der Waals surface area contributed by atoms with Crippen molar-refractivity contribution < 1.29 is 17.9 Å². The normalized spacial score (nSPS) is 17.5. The minimum absolute atomic E-state index is 0.0548. The number of rotatable bonds is 4. The highest BCUT2D eigenvalue weighted by Crippen LogP contribution is 2.35. The maximum Gasteiger partial charge on any atom is 0.263 e. The highest BCUT2D eigenvalue weighted by atomic mass is 32.2. The van der Waals surface area contributed by atoms with E-state index in [2.05, 4.69) is 5.32 Å². The monoisotopic (exact) mass is 402 g/mol. The molecule has 0 saturated carbocycles. The fourth-order valence-corrected chi connectivity index (χ4v) is 4.14. The predicted molar refractivity (Wildman–Crippen MR) is 110 cm³/mol. The Morgan fingerprint density at radius 3 is 2.50 bits per heavy atom. The molecule has 28 heavy (non-hydrogen) atoms. The molecule has 1 heterocycles. The quantitative estimate of drug-likeness (QED) is 0.853. The molecule has 150 valence electrons. The summed E-state index contributed by atoms with van der Waals surface area (Å²) in [5, 5.41) is 2.94. The van der Waals surface area contributed by atoms with Crippen LogP contribution in [0.2, 0.25) is 0 Å². The molecule has 0 fully saturated rings. The number of nitrogens with zero attached hydrogens (tertiary/aromatic N) is 1. The molecular formula is C21H26N2O4S.